The Kier molecular flexibility index (Phi) is 7.77. The van der Waals surface area contributed by atoms with Gasteiger partial charge in [0.2, 0.25) is 11.1 Å². The summed E-state index contributed by atoms with van der Waals surface area (Å²) in [7, 11) is 0. The predicted molar refractivity (Wildman–Crippen MR) is 120 cm³/mol. The van der Waals surface area contributed by atoms with Gasteiger partial charge in [-0.2, -0.15) is 4.98 Å². The van der Waals surface area contributed by atoms with Crippen molar-refractivity contribution in [2.45, 2.75) is 57.7 Å². The van der Waals surface area contributed by atoms with Crippen LogP contribution in [0, 0.1) is 0 Å². The van der Waals surface area contributed by atoms with E-state index in [0.717, 1.165) is 33.1 Å². The van der Waals surface area contributed by atoms with Crippen molar-refractivity contribution in [3.05, 3.63) is 45.6 Å². The fraction of sp³-hybridized carbons (Fsp3) is 0.476. The largest absolute Gasteiger partial charge is 0.463 e. The smallest absolute Gasteiger partial charge is 0.338 e. The third kappa shape index (κ3) is 5.22. The third-order valence-corrected chi connectivity index (χ3v) is 6.20. The van der Waals surface area contributed by atoms with Gasteiger partial charge in [-0.05, 0) is 38.0 Å². The first-order chi connectivity index (χ1) is 14.0. The van der Waals surface area contributed by atoms with E-state index >= 15 is 0 Å². The lowest BCUT2D eigenvalue weighted by Gasteiger charge is -2.28. The molecule has 156 valence electrons. The Morgan fingerprint density at radius 1 is 1.24 bits per heavy atom. The highest BCUT2D eigenvalue weighted by Crippen LogP contribution is 2.37. The molecule has 6 nitrogen and oxygen atoms in total. The molecular formula is C21H27BrN4O2S. The maximum atomic E-state index is 12.8. The summed E-state index contributed by atoms with van der Waals surface area (Å²) in [5.41, 5.74) is 2.27. The monoisotopic (exact) mass is 478 g/mol. The molecule has 0 fully saturated rings. The number of fused-ring (bicyclic) bond motifs is 1. The SMILES string of the molecule is CCCCCCSc1nc2n(n1)C(c1ccc(Br)cc1)C(C(=O)OCC)=C(C)N2. The minimum atomic E-state index is -0.375. The molecule has 0 radical (unpaired) electrons. The van der Waals surface area contributed by atoms with Crippen LogP contribution in [-0.4, -0.2) is 33.1 Å². The van der Waals surface area contributed by atoms with Gasteiger partial charge >= 0.3 is 5.97 Å². The molecule has 1 aliphatic rings. The van der Waals surface area contributed by atoms with Crippen LogP contribution >= 0.6 is 27.7 Å². The van der Waals surface area contributed by atoms with Crippen LogP contribution in [0.5, 0.6) is 0 Å². The number of anilines is 1. The van der Waals surface area contributed by atoms with Crippen molar-refractivity contribution in [1.82, 2.24) is 14.8 Å². The molecule has 1 aromatic heterocycles. The van der Waals surface area contributed by atoms with Crippen LogP contribution in [0.15, 0.2) is 45.2 Å². The Bertz CT molecular complexity index is 879. The van der Waals surface area contributed by atoms with Crippen molar-refractivity contribution in [2.75, 3.05) is 17.7 Å². The van der Waals surface area contributed by atoms with Crippen LogP contribution in [0.1, 0.15) is 58.1 Å². The van der Waals surface area contributed by atoms with Crippen LogP contribution in [0.3, 0.4) is 0 Å². The van der Waals surface area contributed by atoms with Crippen molar-refractivity contribution in [2.24, 2.45) is 0 Å². The van der Waals surface area contributed by atoms with E-state index in [1.165, 1.54) is 19.3 Å². The first kappa shape index (κ1) is 21.9. The molecule has 2 heterocycles. The van der Waals surface area contributed by atoms with Gasteiger partial charge in [-0.15, -0.1) is 5.10 Å². The van der Waals surface area contributed by atoms with Crippen LogP contribution in [-0.2, 0) is 9.53 Å². The number of aromatic nitrogens is 3. The summed E-state index contributed by atoms with van der Waals surface area (Å²) >= 11 is 5.14. The Morgan fingerprint density at radius 3 is 2.69 bits per heavy atom. The quantitative estimate of drug-likeness (QED) is 0.288. The first-order valence-corrected chi connectivity index (χ1v) is 11.8. The van der Waals surface area contributed by atoms with Gasteiger partial charge in [0, 0.05) is 15.9 Å². The zero-order chi connectivity index (χ0) is 20.8. The summed E-state index contributed by atoms with van der Waals surface area (Å²) in [5.74, 6) is 1.31. The van der Waals surface area contributed by atoms with Crippen molar-refractivity contribution >= 4 is 39.6 Å². The van der Waals surface area contributed by atoms with Crippen molar-refractivity contribution in [3.63, 3.8) is 0 Å². The van der Waals surface area contributed by atoms with Crippen LogP contribution in [0.25, 0.3) is 0 Å². The second kappa shape index (κ2) is 10.3. The number of thioether (sulfide) groups is 1. The van der Waals surface area contributed by atoms with E-state index in [1.807, 2.05) is 38.1 Å². The molecule has 0 spiro atoms. The van der Waals surface area contributed by atoms with E-state index in [9.17, 15) is 4.79 Å². The molecule has 0 saturated carbocycles. The Labute approximate surface area is 184 Å². The lowest BCUT2D eigenvalue weighted by molar-refractivity contribution is -0.139. The number of esters is 1. The fourth-order valence-electron chi connectivity index (χ4n) is 3.31. The molecule has 8 heteroatoms. The highest BCUT2D eigenvalue weighted by atomic mass is 79.9. The normalized spacial score (nSPS) is 15.8. The second-order valence-electron chi connectivity index (χ2n) is 6.91. The van der Waals surface area contributed by atoms with E-state index in [1.54, 1.807) is 16.4 Å². The molecule has 0 bridgehead atoms. The summed E-state index contributed by atoms with van der Waals surface area (Å²) < 4.78 is 8.12. The summed E-state index contributed by atoms with van der Waals surface area (Å²) in [5, 5.41) is 8.69. The number of allylic oxidation sites excluding steroid dienone is 1. The number of hydrogen-bond donors (Lipinski definition) is 1. The van der Waals surface area contributed by atoms with Gasteiger partial charge in [0.1, 0.15) is 6.04 Å². The average Bonchev–Trinajstić information content (AvgIpc) is 3.10. The Hall–Kier alpha value is -1.80. The standard InChI is InChI=1S/C21H27BrN4O2S/c1-4-6-7-8-13-29-21-24-20-23-14(3)17(19(27)28-5-2)18(26(20)25-21)15-9-11-16(22)12-10-15/h9-12,18H,4-8,13H2,1-3H3,(H,23,24,25). The molecule has 2 aromatic rings. The molecule has 1 unspecified atom stereocenters. The number of nitrogens with one attached hydrogen (secondary N) is 1. The summed E-state index contributed by atoms with van der Waals surface area (Å²) in [4.78, 5) is 17.4. The third-order valence-electron chi connectivity index (χ3n) is 4.74. The van der Waals surface area contributed by atoms with E-state index in [0.29, 0.717) is 18.1 Å². The van der Waals surface area contributed by atoms with Crippen LogP contribution < -0.4 is 5.32 Å². The van der Waals surface area contributed by atoms with Gasteiger partial charge in [-0.3, -0.25) is 0 Å². The van der Waals surface area contributed by atoms with Gasteiger partial charge in [0.05, 0.1) is 12.2 Å². The predicted octanol–water partition coefficient (Wildman–Crippen LogP) is 5.57. The molecule has 1 N–H and O–H groups in total. The molecule has 3 rings (SSSR count). The van der Waals surface area contributed by atoms with Gasteiger partial charge in [-0.1, -0.05) is 66.0 Å². The summed E-state index contributed by atoms with van der Waals surface area (Å²) in [6, 6.07) is 7.55. The lowest BCUT2D eigenvalue weighted by Crippen LogP contribution is -2.29. The van der Waals surface area contributed by atoms with Gasteiger partial charge in [0.15, 0.2) is 0 Å². The first-order valence-electron chi connectivity index (χ1n) is 10.0. The number of carbonyl (C=O) groups excluding carboxylic acids is 1. The highest BCUT2D eigenvalue weighted by molar-refractivity contribution is 9.10. The Morgan fingerprint density at radius 2 is 2.00 bits per heavy atom. The number of rotatable bonds is 9. The van der Waals surface area contributed by atoms with Crippen molar-refractivity contribution in [1.29, 1.82) is 0 Å². The van der Waals surface area contributed by atoms with Gasteiger partial charge in [-0.25, -0.2) is 9.48 Å². The number of benzene rings is 1. The highest BCUT2D eigenvalue weighted by Gasteiger charge is 2.35. The van der Waals surface area contributed by atoms with Crippen LogP contribution in [0.2, 0.25) is 0 Å². The zero-order valence-corrected chi connectivity index (χ0v) is 19.5. The number of unbranched alkanes of at least 4 members (excludes halogenated alkanes) is 3. The summed E-state index contributed by atoms with van der Waals surface area (Å²) in [6.07, 6.45) is 4.86. The average molecular weight is 479 g/mol. The summed E-state index contributed by atoms with van der Waals surface area (Å²) in [6.45, 7) is 6.23. The molecule has 1 aliphatic heterocycles. The molecule has 29 heavy (non-hydrogen) atoms. The second-order valence-corrected chi connectivity index (χ2v) is 8.89. The molecule has 0 aliphatic carbocycles. The topological polar surface area (TPSA) is 69.0 Å². The number of hydrogen-bond acceptors (Lipinski definition) is 6. The number of ether oxygens (including phenoxy) is 1. The minimum Gasteiger partial charge on any atom is -0.463 e. The molecule has 0 amide bonds. The van der Waals surface area contributed by atoms with E-state index in [-0.39, 0.29) is 12.0 Å². The van der Waals surface area contributed by atoms with Gasteiger partial charge < -0.3 is 10.1 Å². The Balaban J connectivity index is 1.91. The molecule has 1 aromatic carbocycles. The van der Waals surface area contributed by atoms with Gasteiger partial charge in [0.25, 0.3) is 0 Å². The van der Waals surface area contributed by atoms with E-state index in [2.05, 4.69) is 33.2 Å². The molecule has 0 saturated heterocycles. The maximum absolute atomic E-state index is 12.8. The van der Waals surface area contributed by atoms with E-state index in [4.69, 9.17) is 9.84 Å². The maximum Gasteiger partial charge on any atom is 0.338 e. The van der Waals surface area contributed by atoms with Crippen molar-refractivity contribution < 1.29 is 9.53 Å². The zero-order valence-electron chi connectivity index (χ0n) is 17.1. The lowest BCUT2D eigenvalue weighted by atomic mass is 9.96. The molecule has 1 atom stereocenters. The van der Waals surface area contributed by atoms with Crippen LogP contribution in [0.4, 0.5) is 5.95 Å². The van der Waals surface area contributed by atoms with E-state index < -0.39 is 0 Å². The van der Waals surface area contributed by atoms with Crippen molar-refractivity contribution in [3.8, 4) is 0 Å². The number of carbonyl (C=O) groups is 1. The minimum absolute atomic E-state index is 0.325. The number of halogens is 1. The molecular weight excluding hydrogens is 452 g/mol. The fourth-order valence-corrected chi connectivity index (χ4v) is 4.40. The number of nitrogens with zero attached hydrogens (tertiary/aromatic N) is 3.